The van der Waals surface area contributed by atoms with Crippen molar-refractivity contribution in [2.24, 2.45) is 0 Å². The Kier molecular flexibility index (Phi) is 7.00. The van der Waals surface area contributed by atoms with E-state index in [1.807, 2.05) is 22.7 Å². The summed E-state index contributed by atoms with van der Waals surface area (Å²) >= 11 is 3.71. The van der Waals surface area contributed by atoms with Gasteiger partial charge in [-0.15, -0.1) is 22.7 Å². The van der Waals surface area contributed by atoms with Crippen molar-refractivity contribution in [2.75, 3.05) is 4.90 Å². The molecule has 0 saturated carbocycles. The third kappa shape index (κ3) is 4.80. The van der Waals surface area contributed by atoms with Crippen LogP contribution in [0.1, 0.15) is 0 Å². The van der Waals surface area contributed by atoms with E-state index in [9.17, 15) is 0 Å². The molecule has 2 nitrogen and oxygen atoms in total. The lowest BCUT2D eigenvalue weighted by molar-refractivity contribution is 0.636. The molecule has 0 aliphatic heterocycles. The molecule has 0 aliphatic carbocycles. The SMILES string of the molecule is c1ccc(-c2c(-c3ccc(N(c4ccc5c(c4)sc4ccccc45)c4ccc5c(c4)sc4ccccc45)cc3)oc3c4ccccc4c4ccccc4c23)cc1. The van der Waals surface area contributed by atoms with Crippen molar-refractivity contribution in [3.05, 3.63) is 188 Å². The summed E-state index contributed by atoms with van der Waals surface area (Å²) < 4.78 is 12.3. The second-order valence-electron chi connectivity index (χ2n) is 14.4. The highest BCUT2D eigenvalue weighted by Gasteiger charge is 2.23. The van der Waals surface area contributed by atoms with Crippen LogP contribution in [0.4, 0.5) is 17.1 Å². The van der Waals surface area contributed by atoms with Gasteiger partial charge in [0.25, 0.3) is 0 Å². The molecule has 12 aromatic rings. The van der Waals surface area contributed by atoms with Crippen LogP contribution < -0.4 is 4.90 Å². The number of anilines is 3. The average Bonchev–Trinajstić information content (AvgIpc) is 3.96. The summed E-state index contributed by atoms with van der Waals surface area (Å²) in [5.41, 5.74) is 7.57. The van der Waals surface area contributed by atoms with E-state index >= 15 is 0 Å². The maximum atomic E-state index is 7.07. The summed E-state index contributed by atoms with van der Waals surface area (Å²) in [5.74, 6) is 0.879. The zero-order chi connectivity index (χ0) is 36.7. The van der Waals surface area contributed by atoms with Crippen LogP contribution in [0.2, 0.25) is 0 Å². The predicted octanol–water partition coefficient (Wildman–Crippen LogP) is 16.3. The maximum absolute atomic E-state index is 7.07. The quantitative estimate of drug-likeness (QED) is 0.163. The number of furan rings is 1. The molecular weight excluding hydrogens is 719 g/mol. The third-order valence-corrected chi connectivity index (χ3v) is 13.5. The number of nitrogens with zero attached hydrogens (tertiary/aromatic N) is 1. The van der Waals surface area contributed by atoms with Crippen molar-refractivity contribution in [1.82, 2.24) is 0 Å². The van der Waals surface area contributed by atoms with Gasteiger partial charge in [-0.2, -0.15) is 0 Å². The Morgan fingerprint density at radius 2 is 0.804 bits per heavy atom. The molecule has 0 atom stereocenters. The second kappa shape index (κ2) is 12.4. The molecule has 0 aliphatic rings. The summed E-state index contributed by atoms with van der Waals surface area (Å²) in [6.45, 7) is 0. The highest BCUT2D eigenvalue weighted by Crippen LogP contribution is 2.48. The van der Waals surface area contributed by atoms with E-state index in [0.29, 0.717) is 0 Å². The van der Waals surface area contributed by atoms with Crippen molar-refractivity contribution >= 4 is 113 Å². The van der Waals surface area contributed by atoms with Crippen molar-refractivity contribution in [2.45, 2.75) is 0 Å². The van der Waals surface area contributed by atoms with Crippen LogP contribution in [-0.4, -0.2) is 0 Å². The molecular formula is C52H31NOS2. The third-order valence-electron chi connectivity index (χ3n) is 11.3. The topological polar surface area (TPSA) is 16.4 Å². The molecule has 0 spiro atoms. The summed E-state index contributed by atoms with van der Waals surface area (Å²) in [6, 6.07) is 68.2. The fraction of sp³-hybridized carbons (Fsp3) is 0. The summed E-state index contributed by atoms with van der Waals surface area (Å²) in [5, 5.41) is 11.1. The molecule has 3 aromatic heterocycles. The lowest BCUT2D eigenvalue weighted by Gasteiger charge is -2.26. The minimum atomic E-state index is 0.879. The van der Waals surface area contributed by atoms with Gasteiger partial charge in [-0.05, 0) is 82.4 Å². The molecule has 0 unspecified atom stereocenters. The van der Waals surface area contributed by atoms with Gasteiger partial charge in [0.2, 0.25) is 0 Å². The molecule has 262 valence electrons. The molecule has 0 amide bonds. The van der Waals surface area contributed by atoms with Gasteiger partial charge < -0.3 is 9.32 Å². The minimum absolute atomic E-state index is 0.879. The van der Waals surface area contributed by atoms with Gasteiger partial charge in [-0.25, -0.2) is 0 Å². The van der Waals surface area contributed by atoms with Crippen LogP contribution in [0.15, 0.2) is 192 Å². The van der Waals surface area contributed by atoms with Crippen LogP contribution >= 0.6 is 22.7 Å². The van der Waals surface area contributed by atoms with E-state index in [4.69, 9.17) is 4.42 Å². The number of thiophene rings is 2. The van der Waals surface area contributed by atoms with Crippen LogP contribution in [-0.2, 0) is 0 Å². The largest absolute Gasteiger partial charge is 0.455 e. The number of hydrogen-bond donors (Lipinski definition) is 0. The van der Waals surface area contributed by atoms with Crippen molar-refractivity contribution < 1.29 is 4.42 Å². The summed E-state index contributed by atoms with van der Waals surface area (Å²) in [4.78, 5) is 2.40. The molecule has 0 N–H and O–H groups in total. The van der Waals surface area contributed by atoms with Gasteiger partial charge in [0.1, 0.15) is 11.3 Å². The molecule has 12 rings (SSSR count). The first-order valence-corrected chi connectivity index (χ1v) is 20.5. The van der Waals surface area contributed by atoms with E-state index in [1.165, 1.54) is 56.5 Å². The Hall–Kier alpha value is -6.72. The first-order chi connectivity index (χ1) is 27.8. The Labute approximate surface area is 330 Å². The van der Waals surface area contributed by atoms with Gasteiger partial charge in [0.15, 0.2) is 0 Å². The second-order valence-corrected chi connectivity index (χ2v) is 16.6. The Bertz CT molecular complexity index is 3370. The highest BCUT2D eigenvalue weighted by molar-refractivity contribution is 7.26. The summed E-state index contributed by atoms with van der Waals surface area (Å²) in [7, 11) is 0. The monoisotopic (exact) mass is 749 g/mol. The van der Waals surface area contributed by atoms with Crippen LogP contribution in [0.25, 0.3) is 95.3 Å². The maximum Gasteiger partial charge on any atom is 0.143 e. The molecule has 4 heteroatoms. The zero-order valence-electron chi connectivity index (χ0n) is 30.1. The normalized spacial score (nSPS) is 11.9. The Morgan fingerprint density at radius 3 is 1.41 bits per heavy atom. The lowest BCUT2D eigenvalue weighted by Crippen LogP contribution is -2.09. The van der Waals surface area contributed by atoms with Gasteiger partial charge >= 0.3 is 0 Å². The van der Waals surface area contributed by atoms with Crippen LogP contribution in [0, 0.1) is 0 Å². The van der Waals surface area contributed by atoms with Gasteiger partial charge in [-0.3, -0.25) is 0 Å². The lowest BCUT2D eigenvalue weighted by atomic mass is 9.92. The first kappa shape index (κ1) is 31.6. The first-order valence-electron chi connectivity index (χ1n) is 18.9. The van der Waals surface area contributed by atoms with Gasteiger partial charge in [0, 0.05) is 79.3 Å². The zero-order valence-corrected chi connectivity index (χ0v) is 31.7. The number of hydrogen-bond acceptors (Lipinski definition) is 4. The standard InChI is InChI=1S/C52H31NOS2/c1-2-12-32(13-3-1)49-50-43-18-6-4-14-37(43)38-15-5-7-19-44(38)52(50)54-51(49)33-22-24-34(25-23-33)53(35-26-28-41-39-16-8-10-20-45(39)55-47(41)30-35)36-27-29-42-40-17-9-11-21-46(40)56-48(42)31-36/h1-31H. The van der Waals surface area contributed by atoms with Crippen molar-refractivity contribution in [1.29, 1.82) is 0 Å². The average molecular weight is 750 g/mol. The van der Waals surface area contributed by atoms with E-state index in [1.54, 1.807) is 0 Å². The van der Waals surface area contributed by atoms with Crippen molar-refractivity contribution in [3.8, 4) is 22.5 Å². The molecule has 56 heavy (non-hydrogen) atoms. The predicted molar refractivity (Wildman–Crippen MR) is 243 cm³/mol. The van der Waals surface area contributed by atoms with E-state index < -0.39 is 0 Å². The fourth-order valence-corrected chi connectivity index (χ4v) is 11.0. The smallest absolute Gasteiger partial charge is 0.143 e. The Balaban J connectivity index is 1.06. The number of fused-ring (bicyclic) bond motifs is 12. The van der Waals surface area contributed by atoms with Gasteiger partial charge in [-0.1, -0.05) is 127 Å². The Morgan fingerprint density at radius 1 is 0.339 bits per heavy atom. The minimum Gasteiger partial charge on any atom is -0.455 e. The molecule has 0 radical (unpaired) electrons. The molecule has 9 aromatic carbocycles. The highest BCUT2D eigenvalue weighted by atomic mass is 32.1. The fourth-order valence-electron chi connectivity index (χ4n) is 8.73. The van der Waals surface area contributed by atoms with E-state index in [2.05, 4.69) is 193 Å². The summed E-state index contributed by atoms with van der Waals surface area (Å²) in [6.07, 6.45) is 0. The van der Waals surface area contributed by atoms with Gasteiger partial charge in [0.05, 0.1) is 0 Å². The molecule has 0 bridgehead atoms. The number of benzene rings is 9. The van der Waals surface area contributed by atoms with Crippen LogP contribution in [0.3, 0.4) is 0 Å². The molecule has 0 fully saturated rings. The molecule has 0 saturated heterocycles. The molecule has 3 heterocycles. The van der Waals surface area contributed by atoms with Crippen molar-refractivity contribution in [3.63, 3.8) is 0 Å². The van der Waals surface area contributed by atoms with Crippen LogP contribution in [0.5, 0.6) is 0 Å². The van der Waals surface area contributed by atoms with E-state index in [-0.39, 0.29) is 0 Å². The van der Waals surface area contributed by atoms with E-state index in [0.717, 1.165) is 55.9 Å². The number of rotatable bonds is 5.